The molecule has 0 N–H and O–H groups in total. The smallest absolute Gasteiger partial charge is 0.338 e. The SMILES string of the molecule is C=C(C)C(=O)Oc1c2c(c(OC(=O)C(=C)C)c3ccccc13)C(CCCC)C=CC2. The second-order valence-electron chi connectivity index (χ2n) is 7.82. The van der Waals surface area contributed by atoms with Gasteiger partial charge >= 0.3 is 11.9 Å². The third-order valence-electron chi connectivity index (χ3n) is 5.28. The van der Waals surface area contributed by atoms with Gasteiger partial charge in [0.05, 0.1) is 0 Å². The fourth-order valence-corrected chi connectivity index (χ4v) is 3.74. The Morgan fingerprint density at radius 2 is 1.57 bits per heavy atom. The number of hydrogen-bond acceptors (Lipinski definition) is 4. The fourth-order valence-electron chi connectivity index (χ4n) is 3.74. The van der Waals surface area contributed by atoms with Crippen molar-refractivity contribution in [2.45, 2.75) is 52.4 Å². The topological polar surface area (TPSA) is 52.6 Å². The van der Waals surface area contributed by atoms with Crippen molar-refractivity contribution in [3.05, 3.63) is 71.8 Å². The van der Waals surface area contributed by atoms with Gasteiger partial charge in [-0.15, -0.1) is 0 Å². The van der Waals surface area contributed by atoms with E-state index in [1.165, 1.54) is 0 Å². The molecule has 156 valence electrons. The molecule has 0 fully saturated rings. The number of allylic oxidation sites excluding steroid dienone is 2. The predicted octanol–water partition coefficient (Wildman–Crippen LogP) is 6.19. The number of carbonyl (C=O) groups is 2. The maximum atomic E-state index is 12.5. The van der Waals surface area contributed by atoms with E-state index >= 15 is 0 Å². The van der Waals surface area contributed by atoms with E-state index in [-0.39, 0.29) is 5.92 Å². The largest absolute Gasteiger partial charge is 0.422 e. The highest BCUT2D eigenvalue weighted by atomic mass is 16.5. The van der Waals surface area contributed by atoms with Crippen LogP contribution in [0, 0.1) is 0 Å². The van der Waals surface area contributed by atoms with Crippen LogP contribution in [0.5, 0.6) is 11.5 Å². The number of esters is 2. The summed E-state index contributed by atoms with van der Waals surface area (Å²) in [5.41, 5.74) is 2.47. The number of ether oxygens (including phenoxy) is 2. The van der Waals surface area contributed by atoms with Gasteiger partial charge < -0.3 is 9.47 Å². The monoisotopic (exact) mass is 404 g/mol. The molecule has 30 heavy (non-hydrogen) atoms. The maximum Gasteiger partial charge on any atom is 0.338 e. The molecule has 0 aromatic heterocycles. The van der Waals surface area contributed by atoms with E-state index in [0.29, 0.717) is 29.1 Å². The average molecular weight is 405 g/mol. The zero-order valence-electron chi connectivity index (χ0n) is 17.9. The van der Waals surface area contributed by atoms with Crippen LogP contribution >= 0.6 is 0 Å². The first-order valence-corrected chi connectivity index (χ1v) is 10.3. The Bertz CT molecular complexity index is 1060. The molecule has 4 nitrogen and oxygen atoms in total. The van der Waals surface area contributed by atoms with Crippen molar-refractivity contribution < 1.29 is 19.1 Å². The van der Waals surface area contributed by atoms with Crippen LogP contribution in [-0.4, -0.2) is 11.9 Å². The normalized spacial score (nSPS) is 14.8. The lowest BCUT2D eigenvalue weighted by Gasteiger charge is -2.27. The molecule has 0 saturated heterocycles. The summed E-state index contributed by atoms with van der Waals surface area (Å²) < 4.78 is 11.7. The van der Waals surface area contributed by atoms with Gasteiger partial charge in [0.1, 0.15) is 11.5 Å². The summed E-state index contributed by atoms with van der Waals surface area (Å²) in [5.74, 6) is 0.212. The minimum Gasteiger partial charge on any atom is -0.422 e. The quantitative estimate of drug-likeness (QED) is 0.239. The highest BCUT2D eigenvalue weighted by Gasteiger charge is 2.29. The van der Waals surface area contributed by atoms with Gasteiger partial charge in [-0.3, -0.25) is 0 Å². The lowest BCUT2D eigenvalue weighted by molar-refractivity contribution is -0.131. The van der Waals surface area contributed by atoms with Crippen LogP contribution in [0.25, 0.3) is 10.8 Å². The summed E-state index contributed by atoms with van der Waals surface area (Å²) >= 11 is 0. The van der Waals surface area contributed by atoms with E-state index in [4.69, 9.17) is 9.47 Å². The summed E-state index contributed by atoms with van der Waals surface area (Å²) in [6.07, 6.45) is 7.87. The molecule has 1 aliphatic rings. The Hall–Kier alpha value is -3.14. The van der Waals surface area contributed by atoms with Crippen molar-refractivity contribution in [3.8, 4) is 11.5 Å². The second kappa shape index (κ2) is 9.12. The van der Waals surface area contributed by atoms with Crippen LogP contribution in [0.4, 0.5) is 0 Å². The molecule has 0 radical (unpaired) electrons. The molecule has 0 heterocycles. The van der Waals surface area contributed by atoms with Crippen LogP contribution in [0.1, 0.15) is 57.1 Å². The van der Waals surface area contributed by atoms with Crippen molar-refractivity contribution >= 4 is 22.7 Å². The minimum absolute atomic E-state index is 0.0773. The fraction of sp³-hybridized carbons (Fsp3) is 0.308. The van der Waals surface area contributed by atoms with Crippen LogP contribution in [-0.2, 0) is 16.0 Å². The van der Waals surface area contributed by atoms with Gasteiger partial charge in [-0.2, -0.15) is 0 Å². The molecule has 4 heteroatoms. The van der Waals surface area contributed by atoms with E-state index in [0.717, 1.165) is 41.2 Å². The molecule has 1 atom stereocenters. The number of hydrogen-bond donors (Lipinski definition) is 0. The number of fused-ring (bicyclic) bond motifs is 2. The zero-order chi connectivity index (χ0) is 21.8. The third-order valence-corrected chi connectivity index (χ3v) is 5.28. The van der Waals surface area contributed by atoms with Gasteiger partial charge in [0.15, 0.2) is 0 Å². The molecular formula is C26H28O4. The molecule has 0 aliphatic heterocycles. The lowest BCUT2D eigenvalue weighted by atomic mass is 9.81. The van der Waals surface area contributed by atoms with Crippen molar-refractivity contribution in [1.82, 2.24) is 0 Å². The third kappa shape index (κ3) is 4.23. The molecule has 3 rings (SSSR count). The van der Waals surface area contributed by atoms with Gasteiger partial charge in [0, 0.05) is 39.0 Å². The number of unbranched alkanes of at least 4 members (excludes halogenated alkanes) is 1. The molecule has 0 amide bonds. The van der Waals surface area contributed by atoms with E-state index < -0.39 is 11.9 Å². The van der Waals surface area contributed by atoms with E-state index in [1.807, 2.05) is 24.3 Å². The highest BCUT2D eigenvalue weighted by Crippen LogP contribution is 2.48. The Labute approximate surface area is 177 Å². The molecule has 0 bridgehead atoms. The van der Waals surface area contributed by atoms with Crippen molar-refractivity contribution in [2.75, 3.05) is 0 Å². The Kier molecular flexibility index (Phi) is 6.56. The standard InChI is InChI=1S/C26H28O4/c1-6-7-11-18-12-10-15-21-22(18)24(30-26(28)17(4)5)20-14-9-8-13-19(20)23(21)29-25(27)16(2)3/h8-10,12-14,18H,2,4,6-7,11,15H2,1,3,5H3. The van der Waals surface area contributed by atoms with Gasteiger partial charge in [0.25, 0.3) is 0 Å². The molecular weight excluding hydrogens is 376 g/mol. The van der Waals surface area contributed by atoms with Crippen molar-refractivity contribution in [2.24, 2.45) is 0 Å². The van der Waals surface area contributed by atoms with Gasteiger partial charge in [-0.1, -0.05) is 69.3 Å². The van der Waals surface area contributed by atoms with Gasteiger partial charge in [-0.05, 0) is 26.7 Å². The molecule has 2 aromatic carbocycles. The maximum absolute atomic E-state index is 12.5. The predicted molar refractivity (Wildman–Crippen MR) is 120 cm³/mol. The first-order chi connectivity index (χ1) is 14.3. The van der Waals surface area contributed by atoms with Crippen LogP contribution in [0.2, 0.25) is 0 Å². The number of carbonyl (C=O) groups excluding carboxylic acids is 2. The van der Waals surface area contributed by atoms with Crippen LogP contribution in [0.3, 0.4) is 0 Å². The van der Waals surface area contributed by atoms with E-state index in [2.05, 4.69) is 32.2 Å². The molecule has 0 saturated carbocycles. The van der Waals surface area contributed by atoms with E-state index in [1.54, 1.807) is 13.8 Å². The summed E-state index contributed by atoms with van der Waals surface area (Å²) in [7, 11) is 0. The summed E-state index contributed by atoms with van der Waals surface area (Å²) in [5, 5.41) is 1.48. The summed E-state index contributed by atoms with van der Waals surface area (Å²) in [6, 6.07) is 7.54. The molecule has 1 aliphatic carbocycles. The first-order valence-electron chi connectivity index (χ1n) is 10.3. The van der Waals surface area contributed by atoms with E-state index in [9.17, 15) is 9.59 Å². The molecule has 1 unspecified atom stereocenters. The van der Waals surface area contributed by atoms with Crippen LogP contribution in [0.15, 0.2) is 60.7 Å². The Balaban J connectivity index is 2.30. The Morgan fingerprint density at radius 1 is 1.00 bits per heavy atom. The van der Waals surface area contributed by atoms with Crippen molar-refractivity contribution in [1.29, 1.82) is 0 Å². The van der Waals surface area contributed by atoms with Crippen molar-refractivity contribution in [3.63, 3.8) is 0 Å². The molecule has 2 aromatic rings. The first kappa shape index (κ1) is 21.6. The summed E-state index contributed by atoms with van der Waals surface area (Å²) in [6.45, 7) is 12.8. The zero-order valence-corrected chi connectivity index (χ0v) is 17.9. The van der Waals surface area contributed by atoms with Gasteiger partial charge in [0.2, 0.25) is 0 Å². The van der Waals surface area contributed by atoms with Crippen LogP contribution < -0.4 is 9.47 Å². The minimum atomic E-state index is -0.464. The average Bonchev–Trinajstić information content (AvgIpc) is 2.73. The number of rotatable bonds is 7. The van der Waals surface area contributed by atoms with Gasteiger partial charge in [-0.25, -0.2) is 9.59 Å². The Morgan fingerprint density at radius 3 is 2.13 bits per heavy atom. The lowest BCUT2D eigenvalue weighted by Crippen LogP contribution is -2.17. The second-order valence-corrected chi connectivity index (χ2v) is 7.82. The summed E-state index contributed by atoms with van der Waals surface area (Å²) in [4.78, 5) is 24.9. The number of benzene rings is 2. The highest BCUT2D eigenvalue weighted by molar-refractivity contribution is 6.01. The molecule has 0 spiro atoms.